The standard InChI is InChI=1S/C20H35N5.HI/c1-17-7-8-19(18(2)15-17)16-23-20(21-3)22-9-5-11-25-12-6-10-24(4)13-14-25;/h7-8,15H,5-6,9-14,16H2,1-4H3,(H2,21,22,23);1H. The van der Waals surface area contributed by atoms with Crippen LogP contribution in [-0.2, 0) is 6.54 Å². The number of aryl methyl sites for hydroxylation is 2. The number of guanidine groups is 1. The van der Waals surface area contributed by atoms with Gasteiger partial charge in [-0.2, -0.15) is 0 Å². The minimum Gasteiger partial charge on any atom is -0.356 e. The van der Waals surface area contributed by atoms with Crippen LogP contribution in [-0.4, -0.2) is 69.1 Å². The molecule has 0 bridgehead atoms. The van der Waals surface area contributed by atoms with Crippen LogP contribution < -0.4 is 10.6 Å². The number of nitrogens with one attached hydrogen (secondary N) is 2. The predicted octanol–water partition coefficient (Wildman–Crippen LogP) is 2.61. The first-order valence-electron chi connectivity index (χ1n) is 9.50. The fourth-order valence-corrected chi connectivity index (χ4v) is 3.28. The van der Waals surface area contributed by atoms with E-state index in [1.165, 1.54) is 49.3 Å². The average molecular weight is 473 g/mol. The van der Waals surface area contributed by atoms with Gasteiger partial charge in [-0.25, -0.2) is 0 Å². The largest absolute Gasteiger partial charge is 0.356 e. The molecule has 0 amide bonds. The zero-order chi connectivity index (χ0) is 18.1. The molecule has 1 aromatic rings. The van der Waals surface area contributed by atoms with E-state index < -0.39 is 0 Å². The van der Waals surface area contributed by atoms with E-state index in [1.54, 1.807) is 0 Å². The second-order valence-electron chi connectivity index (χ2n) is 7.13. The zero-order valence-electron chi connectivity index (χ0n) is 16.8. The van der Waals surface area contributed by atoms with Crippen LogP contribution >= 0.6 is 24.0 Å². The fourth-order valence-electron chi connectivity index (χ4n) is 3.28. The third kappa shape index (κ3) is 8.22. The Hall–Kier alpha value is -0.860. The molecule has 0 spiro atoms. The predicted molar refractivity (Wildman–Crippen MR) is 123 cm³/mol. The molecular weight excluding hydrogens is 437 g/mol. The van der Waals surface area contributed by atoms with E-state index in [1.807, 2.05) is 7.05 Å². The number of likely N-dealkylation sites (N-methyl/N-ethyl adjacent to an activating group) is 1. The molecule has 1 aliphatic heterocycles. The van der Waals surface area contributed by atoms with Crippen LogP contribution in [0.5, 0.6) is 0 Å². The summed E-state index contributed by atoms with van der Waals surface area (Å²) < 4.78 is 0. The van der Waals surface area contributed by atoms with Gasteiger partial charge in [-0.15, -0.1) is 24.0 Å². The lowest BCUT2D eigenvalue weighted by molar-refractivity contribution is 0.274. The van der Waals surface area contributed by atoms with Gasteiger partial charge in [0.1, 0.15) is 0 Å². The minimum atomic E-state index is 0. The molecule has 0 aromatic heterocycles. The Bertz CT molecular complexity index is 561. The van der Waals surface area contributed by atoms with Gasteiger partial charge in [-0.05, 0) is 64.5 Å². The van der Waals surface area contributed by atoms with Crippen molar-refractivity contribution >= 4 is 29.9 Å². The van der Waals surface area contributed by atoms with Crippen molar-refractivity contribution in [2.24, 2.45) is 4.99 Å². The van der Waals surface area contributed by atoms with E-state index in [-0.39, 0.29) is 24.0 Å². The van der Waals surface area contributed by atoms with Crippen LogP contribution in [0.4, 0.5) is 0 Å². The second kappa shape index (κ2) is 12.5. The molecule has 0 unspecified atom stereocenters. The molecule has 1 aliphatic rings. The number of halogens is 1. The molecule has 1 fully saturated rings. The molecule has 0 radical (unpaired) electrons. The van der Waals surface area contributed by atoms with Crippen LogP contribution in [0.3, 0.4) is 0 Å². The smallest absolute Gasteiger partial charge is 0.191 e. The van der Waals surface area contributed by atoms with Crippen LogP contribution in [0.25, 0.3) is 0 Å². The second-order valence-corrected chi connectivity index (χ2v) is 7.13. The van der Waals surface area contributed by atoms with Crippen LogP contribution in [0.1, 0.15) is 29.5 Å². The van der Waals surface area contributed by atoms with Crippen molar-refractivity contribution in [3.05, 3.63) is 34.9 Å². The monoisotopic (exact) mass is 473 g/mol. The van der Waals surface area contributed by atoms with Gasteiger partial charge in [0.15, 0.2) is 5.96 Å². The Labute approximate surface area is 176 Å². The summed E-state index contributed by atoms with van der Waals surface area (Å²) in [5.74, 6) is 0.885. The van der Waals surface area contributed by atoms with E-state index in [2.05, 4.69) is 64.5 Å². The summed E-state index contributed by atoms with van der Waals surface area (Å²) in [6, 6.07) is 6.59. The highest BCUT2D eigenvalue weighted by Crippen LogP contribution is 2.10. The van der Waals surface area contributed by atoms with Gasteiger partial charge >= 0.3 is 0 Å². The highest BCUT2D eigenvalue weighted by Gasteiger charge is 2.11. The van der Waals surface area contributed by atoms with Gasteiger partial charge in [-0.3, -0.25) is 4.99 Å². The molecule has 0 saturated carbocycles. The topological polar surface area (TPSA) is 42.9 Å². The van der Waals surface area contributed by atoms with Gasteiger partial charge in [0.05, 0.1) is 0 Å². The van der Waals surface area contributed by atoms with E-state index >= 15 is 0 Å². The van der Waals surface area contributed by atoms with Crippen molar-refractivity contribution in [2.75, 3.05) is 53.4 Å². The van der Waals surface area contributed by atoms with Gasteiger partial charge in [0, 0.05) is 33.2 Å². The molecule has 1 aromatic carbocycles. The molecule has 1 saturated heterocycles. The molecule has 6 heteroatoms. The maximum atomic E-state index is 4.33. The lowest BCUT2D eigenvalue weighted by Crippen LogP contribution is -2.38. The summed E-state index contributed by atoms with van der Waals surface area (Å²) in [4.78, 5) is 9.34. The normalized spacial score (nSPS) is 16.7. The maximum Gasteiger partial charge on any atom is 0.191 e. The van der Waals surface area contributed by atoms with Crippen LogP contribution in [0, 0.1) is 13.8 Å². The van der Waals surface area contributed by atoms with Crippen LogP contribution in [0.2, 0.25) is 0 Å². The first kappa shape index (κ1) is 23.2. The molecule has 2 rings (SSSR count). The minimum absolute atomic E-state index is 0. The Morgan fingerprint density at radius 2 is 1.92 bits per heavy atom. The Morgan fingerprint density at radius 1 is 1.12 bits per heavy atom. The van der Waals surface area contributed by atoms with Crippen molar-refractivity contribution in [1.82, 2.24) is 20.4 Å². The van der Waals surface area contributed by atoms with Crippen molar-refractivity contribution in [2.45, 2.75) is 33.2 Å². The van der Waals surface area contributed by atoms with E-state index in [0.717, 1.165) is 32.0 Å². The molecule has 0 aliphatic carbocycles. The Kier molecular flexibility index (Phi) is 11.2. The lowest BCUT2D eigenvalue weighted by atomic mass is 10.1. The van der Waals surface area contributed by atoms with Gasteiger partial charge in [-0.1, -0.05) is 23.8 Å². The van der Waals surface area contributed by atoms with Crippen molar-refractivity contribution in [3.63, 3.8) is 0 Å². The van der Waals surface area contributed by atoms with E-state index in [4.69, 9.17) is 0 Å². The number of hydrogen-bond donors (Lipinski definition) is 2. The first-order valence-corrected chi connectivity index (χ1v) is 9.50. The third-order valence-corrected chi connectivity index (χ3v) is 4.92. The number of rotatable bonds is 6. The van der Waals surface area contributed by atoms with Gasteiger partial charge in [0.2, 0.25) is 0 Å². The Balaban J connectivity index is 0.00000338. The van der Waals surface area contributed by atoms with Crippen LogP contribution in [0.15, 0.2) is 23.2 Å². The quantitative estimate of drug-likeness (QED) is 0.289. The molecule has 26 heavy (non-hydrogen) atoms. The van der Waals surface area contributed by atoms with Crippen molar-refractivity contribution in [3.8, 4) is 0 Å². The molecule has 1 heterocycles. The van der Waals surface area contributed by atoms with E-state index in [9.17, 15) is 0 Å². The van der Waals surface area contributed by atoms with Gasteiger partial charge in [0.25, 0.3) is 0 Å². The third-order valence-electron chi connectivity index (χ3n) is 4.92. The number of nitrogens with zero attached hydrogens (tertiary/aromatic N) is 3. The summed E-state index contributed by atoms with van der Waals surface area (Å²) in [5, 5.41) is 6.86. The summed E-state index contributed by atoms with van der Waals surface area (Å²) in [7, 11) is 4.05. The maximum absolute atomic E-state index is 4.33. The number of hydrogen-bond acceptors (Lipinski definition) is 3. The summed E-state index contributed by atoms with van der Waals surface area (Å²) >= 11 is 0. The molecular formula is C20H36IN5. The molecule has 148 valence electrons. The lowest BCUT2D eigenvalue weighted by Gasteiger charge is -2.20. The van der Waals surface area contributed by atoms with E-state index in [0.29, 0.717) is 0 Å². The fraction of sp³-hybridized carbons (Fsp3) is 0.650. The van der Waals surface area contributed by atoms with Crippen molar-refractivity contribution in [1.29, 1.82) is 0 Å². The highest BCUT2D eigenvalue weighted by atomic mass is 127. The summed E-state index contributed by atoms with van der Waals surface area (Å²) in [5.41, 5.74) is 3.96. The van der Waals surface area contributed by atoms with Crippen molar-refractivity contribution < 1.29 is 0 Å². The SMILES string of the molecule is CN=C(NCCCN1CCCN(C)CC1)NCc1ccc(C)cc1C.I. The number of benzene rings is 1. The first-order chi connectivity index (χ1) is 12.1. The Morgan fingerprint density at radius 3 is 2.65 bits per heavy atom. The highest BCUT2D eigenvalue weighted by molar-refractivity contribution is 14.0. The zero-order valence-corrected chi connectivity index (χ0v) is 19.2. The molecule has 0 atom stereocenters. The summed E-state index contributed by atoms with van der Waals surface area (Å²) in [6.07, 6.45) is 2.43. The molecule has 5 nitrogen and oxygen atoms in total. The summed E-state index contributed by atoms with van der Waals surface area (Å²) in [6.45, 7) is 12.1. The molecule has 2 N–H and O–H groups in total. The number of aliphatic imine (C=N–C) groups is 1. The van der Waals surface area contributed by atoms with Gasteiger partial charge < -0.3 is 20.4 Å². The average Bonchev–Trinajstić information content (AvgIpc) is 2.80.